The summed E-state index contributed by atoms with van der Waals surface area (Å²) in [6, 6.07) is 7.08. The predicted molar refractivity (Wildman–Crippen MR) is 212 cm³/mol. The predicted octanol–water partition coefficient (Wildman–Crippen LogP) is 3.28. The van der Waals surface area contributed by atoms with Gasteiger partial charge >= 0.3 is 5.69 Å². The van der Waals surface area contributed by atoms with E-state index >= 15 is 0 Å². The van der Waals surface area contributed by atoms with Crippen molar-refractivity contribution in [3.8, 4) is 0 Å². The maximum atomic E-state index is 14.3. The molecule has 1 saturated carbocycles. The number of piperidine rings is 1. The number of nitrogens with zero attached hydrogens (tertiary/aromatic N) is 10. The zero-order valence-electron chi connectivity index (χ0n) is 32.7. The van der Waals surface area contributed by atoms with Crippen LogP contribution in [0.5, 0.6) is 0 Å². The van der Waals surface area contributed by atoms with Gasteiger partial charge in [-0.2, -0.15) is 10.2 Å². The number of aromatic nitrogens is 7. The molecular weight excluding hydrogens is 767 g/mol. The van der Waals surface area contributed by atoms with Gasteiger partial charge in [0.15, 0.2) is 11.3 Å². The summed E-state index contributed by atoms with van der Waals surface area (Å²) in [5.41, 5.74) is 2.16. The Hall–Kier alpha value is -5.69. The minimum absolute atomic E-state index is 0.0159. The van der Waals surface area contributed by atoms with Crippen molar-refractivity contribution >= 4 is 51.6 Å². The van der Waals surface area contributed by atoms with Gasteiger partial charge in [-0.25, -0.2) is 23.1 Å². The average Bonchev–Trinajstić information content (AvgIpc) is 4.08. The molecule has 310 valence electrons. The number of aryl methyl sites for hydroxylation is 1. The molecule has 1 aromatic carbocycles. The number of hydrogen-bond acceptors (Lipinski definition) is 11. The Labute approximate surface area is 336 Å². The molecule has 2 bridgehead atoms. The van der Waals surface area contributed by atoms with Crippen molar-refractivity contribution in [3.63, 3.8) is 0 Å². The molecular formula is C40H46F2N12O5. The lowest BCUT2D eigenvalue weighted by atomic mass is 9.85. The van der Waals surface area contributed by atoms with Crippen molar-refractivity contribution in [1.82, 2.24) is 43.7 Å². The highest BCUT2D eigenvalue weighted by Gasteiger charge is 2.40. The summed E-state index contributed by atoms with van der Waals surface area (Å²) in [5.74, 6) is -0.173. The summed E-state index contributed by atoms with van der Waals surface area (Å²) in [5, 5.41) is 13.6. The van der Waals surface area contributed by atoms with Crippen LogP contribution >= 0.6 is 0 Å². The Balaban J connectivity index is 0.759. The molecule has 1 aliphatic carbocycles. The Morgan fingerprint density at radius 1 is 1.03 bits per heavy atom. The molecule has 4 saturated heterocycles. The SMILES string of the molecule is Cn1c(=O)n(C2CCC(=O)NC2=O)c2cccc(N3CCN(CC4CCC(n5cc(NC(=O)c6cnn7ccc(N8CC9C[C@@H]8CO9)nc67)c(C(F)F)n5)CC4)CC3)c21. The molecule has 17 nitrogen and oxygen atoms in total. The molecule has 3 atom stereocenters. The van der Waals surface area contributed by atoms with Crippen LogP contribution in [-0.2, 0) is 21.4 Å². The minimum atomic E-state index is -2.87. The maximum Gasteiger partial charge on any atom is 0.329 e. The van der Waals surface area contributed by atoms with Crippen molar-refractivity contribution in [2.75, 3.05) is 61.0 Å². The first kappa shape index (κ1) is 37.6. The van der Waals surface area contributed by atoms with Gasteiger partial charge in [0.2, 0.25) is 11.8 Å². The number of imide groups is 1. The monoisotopic (exact) mass is 812 g/mol. The summed E-state index contributed by atoms with van der Waals surface area (Å²) in [7, 11) is 1.72. The molecule has 19 heteroatoms. The normalized spacial score (nSPS) is 25.2. The van der Waals surface area contributed by atoms with Crippen LogP contribution in [0.1, 0.15) is 79.5 Å². The van der Waals surface area contributed by atoms with Gasteiger partial charge in [-0.1, -0.05) is 6.07 Å². The first-order valence-electron chi connectivity index (χ1n) is 20.5. The largest absolute Gasteiger partial charge is 0.374 e. The zero-order valence-corrected chi connectivity index (χ0v) is 32.7. The third kappa shape index (κ3) is 6.73. The average molecular weight is 813 g/mol. The van der Waals surface area contributed by atoms with E-state index in [4.69, 9.17) is 9.72 Å². The van der Waals surface area contributed by atoms with Crippen LogP contribution < -0.4 is 26.1 Å². The van der Waals surface area contributed by atoms with E-state index in [9.17, 15) is 28.0 Å². The highest BCUT2D eigenvalue weighted by Crippen LogP contribution is 2.37. The number of hydrogen-bond donors (Lipinski definition) is 2. The molecule has 3 amide bonds. The number of nitrogens with one attached hydrogen (secondary N) is 2. The van der Waals surface area contributed by atoms with Gasteiger partial charge in [0.05, 0.1) is 53.4 Å². The topological polar surface area (TPSA) is 169 Å². The molecule has 4 aromatic heterocycles. The summed E-state index contributed by atoms with van der Waals surface area (Å²) < 4.78 is 40.6. The van der Waals surface area contributed by atoms with Gasteiger partial charge in [-0.3, -0.25) is 38.4 Å². The van der Waals surface area contributed by atoms with Crippen LogP contribution in [0, 0.1) is 5.92 Å². The number of carbonyl (C=O) groups excluding carboxylic acids is 3. The van der Waals surface area contributed by atoms with E-state index in [-0.39, 0.29) is 53.9 Å². The number of fused-ring (bicyclic) bond motifs is 4. The van der Waals surface area contributed by atoms with Crippen molar-refractivity contribution in [2.24, 2.45) is 13.0 Å². The quantitative estimate of drug-likeness (QED) is 0.210. The number of benzene rings is 1. The Morgan fingerprint density at radius 3 is 2.58 bits per heavy atom. The second kappa shape index (κ2) is 14.8. The van der Waals surface area contributed by atoms with Crippen LogP contribution in [0.25, 0.3) is 16.7 Å². The molecule has 10 rings (SSSR count). The molecule has 59 heavy (non-hydrogen) atoms. The summed E-state index contributed by atoms with van der Waals surface area (Å²) in [4.78, 5) is 63.2. The number of piperazine rings is 1. The standard InChI is InChI=1S/C40H46F2N12O5/c1-48-35-29(3-2-4-30(35)54(40(48)58)31-9-10-33(55)46-39(31)57)50-15-13-49(14-16-50)19-23-5-7-24(8-6-23)53-21-28(34(47-53)36(41)42)44-38(56)27-18-43-52-12-11-32(45-37(27)52)51-20-26-17-25(51)22-59-26/h2-4,11-12,18,21,23-26,31,36H,5-10,13-17,19-20,22H2,1H3,(H,44,56)(H,46,55,57)/t23?,24?,25-,26?,31?/m1/s1. The number of morpholine rings is 1. The van der Waals surface area contributed by atoms with Crippen LogP contribution in [0.3, 0.4) is 0 Å². The van der Waals surface area contributed by atoms with Crippen LogP contribution in [0.2, 0.25) is 0 Å². The lowest BCUT2D eigenvalue weighted by molar-refractivity contribution is -0.135. The van der Waals surface area contributed by atoms with Crippen molar-refractivity contribution in [1.29, 1.82) is 0 Å². The third-order valence-electron chi connectivity index (χ3n) is 13.0. The molecule has 5 fully saturated rings. The van der Waals surface area contributed by atoms with E-state index in [1.165, 1.54) is 21.5 Å². The number of para-hydroxylation sites is 1. The molecule has 0 radical (unpaired) electrons. The van der Waals surface area contributed by atoms with Gasteiger partial charge in [0, 0.05) is 65.1 Å². The number of alkyl halides is 2. The molecule has 4 aliphatic heterocycles. The molecule has 0 spiro atoms. The third-order valence-corrected chi connectivity index (χ3v) is 13.0. The molecule has 8 heterocycles. The Bertz CT molecular complexity index is 2510. The van der Waals surface area contributed by atoms with E-state index < -0.39 is 30.0 Å². The van der Waals surface area contributed by atoms with Gasteiger partial charge in [0.1, 0.15) is 17.4 Å². The highest BCUT2D eigenvalue weighted by atomic mass is 19.3. The van der Waals surface area contributed by atoms with E-state index in [2.05, 4.69) is 35.5 Å². The van der Waals surface area contributed by atoms with Gasteiger partial charge in [-0.15, -0.1) is 0 Å². The number of amides is 3. The van der Waals surface area contributed by atoms with Crippen LogP contribution in [0.15, 0.2) is 47.7 Å². The maximum absolute atomic E-state index is 14.3. The molecule has 5 aliphatic rings. The molecule has 2 unspecified atom stereocenters. The number of rotatable bonds is 9. The van der Waals surface area contributed by atoms with E-state index in [0.29, 0.717) is 23.7 Å². The van der Waals surface area contributed by atoms with Crippen LogP contribution in [0.4, 0.5) is 26.0 Å². The first-order valence-corrected chi connectivity index (χ1v) is 20.5. The van der Waals surface area contributed by atoms with Gasteiger partial charge in [-0.05, 0) is 62.6 Å². The number of imidazole rings is 1. The number of ether oxygens (including phenoxy) is 1. The Morgan fingerprint density at radius 2 is 1.85 bits per heavy atom. The second-order valence-corrected chi connectivity index (χ2v) is 16.6. The van der Waals surface area contributed by atoms with Crippen LogP contribution in [-0.4, -0.2) is 114 Å². The summed E-state index contributed by atoms with van der Waals surface area (Å²) in [6.07, 6.45) is 6.82. The van der Waals surface area contributed by atoms with Crippen molar-refractivity contribution in [3.05, 3.63) is 64.6 Å². The lowest BCUT2D eigenvalue weighted by Crippen LogP contribution is -2.48. The number of halogens is 2. The van der Waals surface area contributed by atoms with E-state index in [1.807, 2.05) is 24.3 Å². The second-order valence-electron chi connectivity index (χ2n) is 16.6. The van der Waals surface area contributed by atoms with E-state index in [1.54, 1.807) is 22.5 Å². The Kier molecular flexibility index (Phi) is 9.45. The fourth-order valence-electron chi connectivity index (χ4n) is 9.93. The molecule has 5 aromatic rings. The summed E-state index contributed by atoms with van der Waals surface area (Å²) in [6.45, 7) is 5.53. The fourth-order valence-corrected chi connectivity index (χ4v) is 9.93. The van der Waals surface area contributed by atoms with Crippen molar-refractivity contribution < 1.29 is 27.9 Å². The van der Waals surface area contributed by atoms with E-state index in [0.717, 1.165) is 88.4 Å². The van der Waals surface area contributed by atoms with Gasteiger partial charge < -0.3 is 19.9 Å². The minimum Gasteiger partial charge on any atom is -0.374 e. The smallest absolute Gasteiger partial charge is 0.329 e. The number of carbonyl (C=O) groups is 3. The highest BCUT2D eigenvalue weighted by molar-refractivity contribution is 6.08. The molecule has 2 N–H and O–H groups in total. The van der Waals surface area contributed by atoms with Crippen molar-refractivity contribution in [2.45, 2.75) is 75.6 Å². The lowest BCUT2D eigenvalue weighted by Gasteiger charge is -2.39. The van der Waals surface area contributed by atoms with Gasteiger partial charge in [0.25, 0.3) is 12.3 Å². The summed E-state index contributed by atoms with van der Waals surface area (Å²) >= 11 is 0. The first-order chi connectivity index (χ1) is 28.6. The number of anilines is 3. The fraction of sp³-hybridized carbons (Fsp3) is 0.525. The zero-order chi connectivity index (χ0) is 40.5.